The fourth-order valence-corrected chi connectivity index (χ4v) is 2.14. The van der Waals surface area contributed by atoms with Crippen LogP contribution in [0.2, 0.25) is 0 Å². The van der Waals surface area contributed by atoms with E-state index in [1.165, 1.54) is 6.20 Å². The van der Waals surface area contributed by atoms with E-state index < -0.39 is 0 Å². The third-order valence-corrected chi connectivity index (χ3v) is 3.22. The van der Waals surface area contributed by atoms with Crippen LogP contribution >= 0.6 is 12.2 Å². The van der Waals surface area contributed by atoms with Crippen molar-refractivity contribution in [1.29, 1.82) is 0 Å². The van der Waals surface area contributed by atoms with Crippen LogP contribution in [0.25, 0.3) is 0 Å². The summed E-state index contributed by atoms with van der Waals surface area (Å²) in [5, 5.41) is 0. The monoisotopic (exact) mass is 279 g/mol. The largest absolute Gasteiger partial charge is 0.389 e. The van der Waals surface area contributed by atoms with Crippen molar-refractivity contribution in [3.8, 4) is 0 Å². The van der Waals surface area contributed by atoms with Crippen LogP contribution in [0.15, 0.2) is 18.3 Å². The lowest BCUT2D eigenvalue weighted by Gasteiger charge is -2.37. The van der Waals surface area contributed by atoms with Crippen LogP contribution in [0.1, 0.15) is 29.9 Å². The highest BCUT2D eigenvalue weighted by molar-refractivity contribution is 7.80. The summed E-state index contributed by atoms with van der Waals surface area (Å²) in [4.78, 5) is 18.5. The number of aromatic nitrogens is 1. The number of pyridine rings is 1. The van der Waals surface area contributed by atoms with Gasteiger partial charge >= 0.3 is 0 Å². The fraction of sp³-hybridized carbons (Fsp3) is 0.462. The third kappa shape index (κ3) is 3.27. The number of ether oxygens (including phenoxy) is 1. The molecular formula is C13H17N3O2S. The van der Waals surface area contributed by atoms with Gasteiger partial charge in [0.2, 0.25) is 0 Å². The lowest BCUT2D eigenvalue weighted by molar-refractivity contribution is -0.0765. The van der Waals surface area contributed by atoms with Gasteiger partial charge in [-0.1, -0.05) is 12.2 Å². The highest BCUT2D eigenvalue weighted by atomic mass is 32.1. The van der Waals surface area contributed by atoms with Crippen molar-refractivity contribution in [2.24, 2.45) is 5.73 Å². The molecule has 5 nitrogen and oxygen atoms in total. The number of rotatable bonds is 2. The van der Waals surface area contributed by atoms with Crippen LogP contribution in [0.5, 0.6) is 0 Å². The molecule has 19 heavy (non-hydrogen) atoms. The number of hydrogen-bond acceptors (Lipinski definition) is 4. The average molecular weight is 279 g/mol. The zero-order valence-corrected chi connectivity index (χ0v) is 11.9. The predicted molar refractivity (Wildman–Crippen MR) is 76.1 cm³/mol. The van der Waals surface area contributed by atoms with E-state index in [0.717, 1.165) is 0 Å². The molecule has 102 valence electrons. The van der Waals surface area contributed by atoms with E-state index in [9.17, 15) is 4.79 Å². The van der Waals surface area contributed by atoms with Crippen LogP contribution in [0, 0.1) is 0 Å². The lowest BCUT2D eigenvalue weighted by Crippen LogP contribution is -2.50. The molecule has 1 aliphatic heterocycles. The maximum Gasteiger partial charge on any atom is 0.272 e. The van der Waals surface area contributed by atoms with Gasteiger partial charge in [-0.3, -0.25) is 9.78 Å². The van der Waals surface area contributed by atoms with E-state index in [-0.39, 0.29) is 16.5 Å². The molecule has 0 bridgehead atoms. The first kappa shape index (κ1) is 13.9. The smallest absolute Gasteiger partial charge is 0.272 e. The quantitative estimate of drug-likeness (QED) is 0.817. The molecular weight excluding hydrogens is 262 g/mol. The summed E-state index contributed by atoms with van der Waals surface area (Å²) in [5.74, 6) is -0.0918. The van der Waals surface area contributed by atoms with E-state index in [0.29, 0.717) is 31.0 Å². The van der Waals surface area contributed by atoms with Gasteiger partial charge in [0.1, 0.15) is 10.7 Å². The third-order valence-electron chi connectivity index (χ3n) is 2.98. The summed E-state index contributed by atoms with van der Waals surface area (Å²) in [6.07, 6.45) is 1.53. The summed E-state index contributed by atoms with van der Waals surface area (Å²) in [5.41, 5.74) is 6.25. The molecule has 0 radical (unpaired) electrons. The molecule has 1 aromatic rings. The van der Waals surface area contributed by atoms with Crippen molar-refractivity contribution in [2.45, 2.75) is 19.4 Å². The van der Waals surface area contributed by atoms with Gasteiger partial charge in [-0.25, -0.2) is 0 Å². The second-order valence-corrected chi connectivity index (χ2v) is 5.57. The van der Waals surface area contributed by atoms with E-state index in [1.54, 1.807) is 17.0 Å². The van der Waals surface area contributed by atoms with E-state index in [4.69, 9.17) is 22.7 Å². The number of amides is 1. The Labute approximate surface area is 117 Å². The van der Waals surface area contributed by atoms with Crippen LogP contribution in [0.3, 0.4) is 0 Å². The Kier molecular flexibility index (Phi) is 3.82. The Morgan fingerprint density at radius 3 is 2.79 bits per heavy atom. The second kappa shape index (κ2) is 5.22. The number of nitrogens with zero attached hydrogens (tertiary/aromatic N) is 2. The topological polar surface area (TPSA) is 68.5 Å². The molecule has 1 amide bonds. The van der Waals surface area contributed by atoms with Crippen molar-refractivity contribution in [2.75, 3.05) is 19.7 Å². The standard InChI is InChI=1S/C13H17N3O2S/c1-13(2)8-16(5-6-18-13)12(17)10-4-3-9(7-15-10)11(14)19/h3-4,7H,5-6,8H2,1-2H3,(H2,14,19). The summed E-state index contributed by atoms with van der Waals surface area (Å²) in [6, 6.07) is 3.37. The van der Waals surface area contributed by atoms with Crippen LogP contribution in [-0.4, -0.2) is 46.1 Å². The van der Waals surface area contributed by atoms with Gasteiger partial charge in [0.15, 0.2) is 0 Å². The van der Waals surface area contributed by atoms with Gasteiger partial charge in [-0.15, -0.1) is 0 Å². The molecule has 6 heteroatoms. The van der Waals surface area contributed by atoms with Crippen molar-refractivity contribution >= 4 is 23.1 Å². The summed E-state index contributed by atoms with van der Waals surface area (Å²) < 4.78 is 5.58. The Morgan fingerprint density at radius 2 is 2.26 bits per heavy atom. The molecule has 1 fully saturated rings. The Balaban J connectivity index is 2.13. The molecule has 0 atom stereocenters. The molecule has 1 aromatic heterocycles. The zero-order valence-electron chi connectivity index (χ0n) is 11.0. The van der Waals surface area contributed by atoms with Crippen LogP contribution < -0.4 is 5.73 Å². The second-order valence-electron chi connectivity index (χ2n) is 5.13. The number of hydrogen-bond donors (Lipinski definition) is 1. The minimum atomic E-state index is -0.313. The fourth-order valence-electron chi connectivity index (χ4n) is 2.02. The average Bonchev–Trinajstić information content (AvgIpc) is 2.37. The van der Waals surface area contributed by atoms with Gasteiger partial charge in [0.25, 0.3) is 5.91 Å². The summed E-state index contributed by atoms with van der Waals surface area (Å²) >= 11 is 4.85. The highest BCUT2D eigenvalue weighted by Gasteiger charge is 2.30. The van der Waals surface area contributed by atoms with Gasteiger partial charge in [0.05, 0.1) is 12.2 Å². The molecule has 2 rings (SSSR count). The van der Waals surface area contributed by atoms with Gasteiger partial charge in [-0.2, -0.15) is 0 Å². The number of carbonyl (C=O) groups excluding carboxylic acids is 1. The molecule has 0 aromatic carbocycles. The van der Waals surface area contributed by atoms with Crippen molar-refractivity contribution < 1.29 is 9.53 Å². The number of nitrogens with two attached hydrogens (primary N) is 1. The van der Waals surface area contributed by atoms with Crippen LogP contribution in [0.4, 0.5) is 0 Å². The van der Waals surface area contributed by atoms with Crippen LogP contribution in [-0.2, 0) is 4.74 Å². The maximum absolute atomic E-state index is 12.3. The molecule has 1 aliphatic rings. The van der Waals surface area contributed by atoms with Gasteiger partial charge in [0, 0.05) is 24.8 Å². The number of morpholine rings is 1. The van der Waals surface area contributed by atoms with Crippen molar-refractivity contribution in [3.63, 3.8) is 0 Å². The summed E-state index contributed by atoms with van der Waals surface area (Å²) in [6.45, 7) is 5.63. The van der Waals surface area contributed by atoms with Gasteiger partial charge in [-0.05, 0) is 26.0 Å². The Morgan fingerprint density at radius 1 is 1.53 bits per heavy atom. The SMILES string of the molecule is CC1(C)CN(C(=O)c2ccc(C(N)=S)cn2)CCO1. The highest BCUT2D eigenvalue weighted by Crippen LogP contribution is 2.18. The minimum absolute atomic E-state index is 0.0918. The number of thiocarbonyl (C=S) groups is 1. The molecule has 0 aliphatic carbocycles. The van der Waals surface area contributed by atoms with E-state index in [2.05, 4.69) is 4.98 Å². The normalized spacial score (nSPS) is 18.1. The first-order chi connectivity index (χ1) is 8.89. The zero-order chi connectivity index (χ0) is 14.0. The molecule has 1 saturated heterocycles. The molecule has 0 spiro atoms. The first-order valence-corrected chi connectivity index (χ1v) is 6.49. The molecule has 0 unspecified atom stereocenters. The van der Waals surface area contributed by atoms with E-state index in [1.807, 2.05) is 13.8 Å². The summed E-state index contributed by atoms with van der Waals surface area (Å²) in [7, 11) is 0. The molecule has 0 saturated carbocycles. The lowest BCUT2D eigenvalue weighted by atomic mass is 10.1. The maximum atomic E-state index is 12.3. The first-order valence-electron chi connectivity index (χ1n) is 6.08. The van der Waals surface area contributed by atoms with Crippen molar-refractivity contribution in [3.05, 3.63) is 29.6 Å². The van der Waals surface area contributed by atoms with Gasteiger partial charge < -0.3 is 15.4 Å². The van der Waals surface area contributed by atoms with Crippen molar-refractivity contribution in [1.82, 2.24) is 9.88 Å². The minimum Gasteiger partial charge on any atom is -0.389 e. The molecule has 2 heterocycles. The Bertz CT molecular complexity index is 499. The molecule has 2 N–H and O–H groups in total. The Hall–Kier alpha value is -1.53. The predicted octanol–water partition coefficient (Wildman–Crippen LogP) is 0.967. The number of carbonyl (C=O) groups is 1. The van der Waals surface area contributed by atoms with E-state index >= 15 is 0 Å².